The molecule has 0 radical (unpaired) electrons. The number of hydrogen-bond donors (Lipinski definition) is 2. The Balaban J connectivity index is 2.30. The molecule has 1 aliphatic carbocycles. The molecule has 98 valence electrons. The summed E-state index contributed by atoms with van der Waals surface area (Å²) in [6.07, 6.45) is 3.17. The van der Waals surface area contributed by atoms with Gasteiger partial charge in [-0.3, -0.25) is 10.1 Å². The molecule has 0 amide bonds. The molecule has 1 fully saturated rings. The maximum Gasteiger partial charge on any atom is 0.276 e. The zero-order chi connectivity index (χ0) is 13.1. The molecular formula is C11H16N4O3. The fraction of sp³-hybridized carbons (Fsp3) is 0.545. The van der Waals surface area contributed by atoms with Gasteiger partial charge < -0.3 is 15.7 Å². The minimum Gasteiger partial charge on any atom is -0.395 e. The molecular weight excluding hydrogens is 236 g/mol. The van der Waals surface area contributed by atoms with Crippen LogP contribution >= 0.6 is 0 Å². The van der Waals surface area contributed by atoms with Crippen molar-refractivity contribution < 1.29 is 10.0 Å². The van der Waals surface area contributed by atoms with Crippen molar-refractivity contribution in [3.8, 4) is 0 Å². The van der Waals surface area contributed by atoms with E-state index in [1.165, 1.54) is 12.1 Å². The molecule has 0 spiro atoms. The van der Waals surface area contributed by atoms with Gasteiger partial charge in [0.15, 0.2) is 0 Å². The van der Waals surface area contributed by atoms with Crippen molar-refractivity contribution in [3.05, 3.63) is 22.2 Å². The van der Waals surface area contributed by atoms with Crippen LogP contribution in [0, 0.1) is 10.1 Å². The highest BCUT2D eigenvalue weighted by atomic mass is 16.6. The van der Waals surface area contributed by atoms with Crippen LogP contribution in [0.1, 0.15) is 19.3 Å². The first-order valence-corrected chi connectivity index (χ1v) is 5.91. The molecule has 3 N–H and O–H groups in total. The largest absolute Gasteiger partial charge is 0.395 e. The summed E-state index contributed by atoms with van der Waals surface area (Å²) >= 11 is 0. The predicted octanol–water partition coefficient (Wildman–Crippen LogP) is 0.923. The van der Waals surface area contributed by atoms with Crippen molar-refractivity contribution in [2.75, 3.05) is 23.8 Å². The summed E-state index contributed by atoms with van der Waals surface area (Å²) in [6, 6.07) is 2.94. The van der Waals surface area contributed by atoms with Crippen LogP contribution in [0.3, 0.4) is 0 Å². The third kappa shape index (κ3) is 2.51. The van der Waals surface area contributed by atoms with Crippen LogP contribution in [-0.4, -0.2) is 34.2 Å². The predicted molar refractivity (Wildman–Crippen MR) is 67.4 cm³/mol. The number of nitrogens with zero attached hydrogens (tertiary/aromatic N) is 3. The first kappa shape index (κ1) is 12.6. The fourth-order valence-corrected chi connectivity index (χ4v) is 2.07. The van der Waals surface area contributed by atoms with Crippen LogP contribution in [0.4, 0.5) is 17.3 Å². The minimum atomic E-state index is -0.487. The normalized spacial score (nSPS) is 15.2. The summed E-state index contributed by atoms with van der Waals surface area (Å²) in [5, 5.41) is 19.9. The van der Waals surface area contributed by atoms with E-state index in [9.17, 15) is 10.1 Å². The Morgan fingerprint density at radius 2 is 2.28 bits per heavy atom. The van der Waals surface area contributed by atoms with Crippen molar-refractivity contribution in [2.24, 2.45) is 0 Å². The molecule has 1 aromatic heterocycles. The number of aliphatic hydroxyl groups excluding tert-OH is 1. The molecule has 7 nitrogen and oxygen atoms in total. The maximum absolute atomic E-state index is 10.8. The number of aromatic nitrogens is 1. The Hall–Kier alpha value is -1.89. The highest BCUT2D eigenvalue weighted by Gasteiger charge is 2.27. The smallest absolute Gasteiger partial charge is 0.276 e. The van der Waals surface area contributed by atoms with E-state index in [0.717, 1.165) is 19.3 Å². The molecule has 1 aliphatic rings. The average molecular weight is 252 g/mol. The summed E-state index contributed by atoms with van der Waals surface area (Å²) in [5.41, 5.74) is 5.52. The Bertz CT molecular complexity index is 448. The molecule has 0 aromatic carbocycles. The highest BCUT2D eigenvalue weighted by Crippen LogP contribution is 2.30. The van der Waals surface area contributed by atoms with Crippen molar-refractivity contribution in [3.63, 3.8) is 0 Å². The lowest BCUT2D eigenvalue weighted by molar-refractivity contribution is -0.384. The van der Waals surface area contributed by atoms with Gasteiger partial charge in [0.1, 0.15) is 11.6 Å². The number of rotatable bonds is 5. The van der Waals surface area contributed by atoms with Gasteiger partial charge in [0.2, 0.25) is 0 Å². The molecule has 1 aromatic rings. The van der Waals surface area contributed by atoms with Crippen LogP contribution in [0.15, 0.2) is 12.1 Å². The number of anilines is 2. The Morgan fingerprint density at radius 1 is 1.56 bits per heavy atom. The van der Waals surface area contributed by atoms with E-state index < -0.39 is 4.92 Å². The zero-order valence-corrected chi connectivity index (χ0v) is 9.95. The summed E-state index contributed by atoms with van der Waals surface area (Å²) in [7, 11) is 0. The second-order valence-corrected chi connectivity index (χ2v) is 4.37. The van der Waals surface area contributed by atoms with E-state index in [-0.39, 0.29) is 18.1 Å². The van der Waals surface area contributed by atoms with Gasteiger partial charge in [-0.2, -0.15) is 0 Å². The van der Waals surface area contributed by atoms with Gasteiger partial charge in [-0.15, -0.1) is 0 Å². The van der Waals surface area contributed by atoms with Crippen LogP contribution in [0.2, 0.25) is 0 Å². The molecule has 0 bridgehead atoms. The van der Waals surface area contributed by atoms with Crippen molar-refractivity contribution in [1.29, 1.82) is 0 Å². The first-order chi connectivity index (χ1) is 8.61. The second-order valence-electron chi connectivity index (χ2n) is 4.37. The number of nitrogen functional groups attached to an aromatic ring is 1. The number of hydrogen-bond acceptors (Lipinski definition) is 6. The van der Waals surface area contributed by atoms with E-state index in [4.69, 9.17) is 10.8 Å². The molecule has 0 unspecified atom stereocenters. The number of nitro groups is 1. The van der Waals surface area contributed by atoms with Crippen LogP contribution < -0.4 is 10.6 Å². The Labute approximate surface area is 104 Å². The lowest BCUT2D eigenvalue weighted by Crippen LogP contribution is -2.42. The summed E-state index contributed by atoms with van der Waals surface area (Å²) in [5.74, 6) is 0.599. The molecule has 2 rings (SSSR count). The van der Waals surface area contributed by atoms with Gasteiger partial charge in [0.25, 0.3) is 5.69 Å². The minimum absolute atomic E-state index is 0.0131. The van der Waals surface area contributed by atoms with Crippen LogP contribution in [0.25, 0.3) is 0 Å². The van der Waals surface area contributed by atoms with E-state index in [1.54, 1.807) is 0 Å². The topological polar surface area (TPSA) is 106 Å². The lowest BCUT2D eigenvalue weighted by Gasteiger charge is -2.38. The Morgan fingerprint density at radius 3 is 2.78 bits per heavy atom. The van der Waals surface area contributed by atoms with E-state index in [2.05, 4.69) is 4.98 Å². The quantitative estimate of drug-likeness (QED) is 0.596. The van der Waals surface area contributed by atoms with Crippen molar-refractivity contribution in [2.45, 2.75) is 25.3 Å². The number of pyridine rings is 1. The standard InChI is InChI=1S/C11H16N4O3/c12-10-6-9(15(17)18)7-11(13-10)14(4-5-16)8-2-1-3-8/h6-8,16H,1-5H2,(H2,12,13). The van der Waals surface area contributed by atoms with Gasteiger partial charge >= 0.3 is 0 Å². The van der Waals surface area contributed by atoms with Crippen molar-refractivity contribution in [1.82, 2.24) is 4.98 Å². The monoisotopic (exact) mass is 252 g/mol. The number of nitrogens with two attached hydrogens (primary N) is 1. The molecule has 18 heavy (non-hydrogen) atoms. The molecule has 7 heteroatoms. The van der Waals surface area contributed by atoms with Gasteiger partial charge in [0.05, 0.1) is 23.7 Å². The Kier molecular flexibility index (Phi) is 3.61. The summed E-state index contributed by atoms with van der Waals surface area (Å²) in [4.78, 5) is 16.3. The van der Waals surface area contributed by atoms with Gasteiger partial charge in [-0.1, -0.05) is 0 Å². The highest BCUT2D eigenvalue weighted by molar-refractivity contribution is 5.54. The maximum atomic E-state index is 10.8. The van der Waals surface area contributed by atoms with Crippen LogP contribution in [-0.2, 0) is 0 Å². The average Bonchev–Trinajstić information content (AvgIpc) is 2.25. The van der Waals surface area contributed by atoms with E-state index >= 15 is 0 Å². The SMILES string of the molecule is Nc1cc([N+](=O)[O-])cc(N(CCO)C2CCC2)n1. The molecule has 1 saturated carbocycles. The number of aliphatic hydroxyl groups is 1. The molecule has 0 atom stereocenters. The third-order valence-electron chi connectivity index (χ3n) is 3.18. The van der Waals surface area contributed by atoms with Crippen molar-refractivity contribution >= 4 is 17.3 Å². The fourth-order valence-electron chi connectivity index (χ4n) is 2.07. The third-order valence-corrected chi connectivity index (χ3v) is 3.18. The summed E-state index contributed by atoms with van der Waals surface area (Å²) in [6.45, 7) is 0.402. The van der Waals surface area contributed by atoms with E-state index in [0.29, 0.717) is 18.4 Å². The van der Waals surface area contributed by atoms with Gasteiger partial charge in [0, 0.05) is 12.6 Å². The van der Waals surface area contributed by atoms with Crippen LogP contribution in [0.5, 0.6) is 0 Å². The molecule has 1 heterocycles. The summed E-state index contributed by atoms with van der Waals surface area (Å²) < 4.78 is 0. The second kappa shape index (κ2) is 5.18. The zero-order valence-electron chi connectivity index (χ0n) is 9.95. The lowest BCUT2D eigenvalue weighted by atomic mass is 9.91. The molecule has 0 saturated heterocycles. The first-order valence-electron chi connectivity index (χ1n) is 5.91. The molecule has 0 aliphatic heterocycles. The van der Waals surface area contributed by atoms with E-state index in [1.807, 2.05) is 4.90 Å². The van der Waals surface area contributed by atoms with Gasteiger partial charge in [-0.25, -0.2) is 4.98 Å². The van der Waals surface area contributed by atoms with Gasteiger partial charge in [-0.05, 0) is 19.3 Å².